The van der Waals surface area contributed by atoms with Gasteiger partial charge in [0.2, 0.25) is 0 Å². The summed E-state index contributed by atoms with van der Waals surface area (Å²) in [7, 11) is 1.60. The van der Waals surface area contributed by atoms with Crippen LogP contribution in [0.3, 0.4) is 0 Å². The SMILES string of the molecule is COc1ccc2cc1Nc1nc3c(cnn3c3c1CCN3C(=O)OC(C)(C)C)C(=O)N[C@H](C)COC2. The summed E-state index contributed by atoms with van der Waals surface area (Å²) in [5.74, 6) is 1.34. The van der Waals surface area contributed by atoms with Gasteiger partial charge in [0.15, 0.2) is 5.65 Å². The predicted molar refractivity (Wildman–Crippen MR) is 133 cm³/mol. The third-order valence-electron chi connectivity index (χ3n) is 5.95. The molecular weight excluding hydrogens is 464 g/mol. The molecule has 36 heavy (non-hydrogen) atoms. The lowest BCUT2D eigenvalue weighted by Crippen LogP contribution is -2.37. The Bertz CT molecular complexity index is 1340. The van der Waals surface area contributed by atoms with E-state index in [1.54, 1.807) is 12.0 Å². The number of amides is 2. The molecule has 0 aliphatic carbocycles. The summed E-state index contributed by atoms with van der Waals surface area (Å²) in [6.07, 6.45) is 1.51. The fraction of sp³-hybridized carbons (Fsp3) is 0.440. The quantitative estimate of drug-likeness (QED) is 0.528. The molecule has 2 aromatic heterocycles. The van der Waals surface area contributed by atoms with Crippen molar-refractivity contribution in [2.45, 2.75) is 52.4 Å². The minimum absolute atomic E-state index is 0.238. The van der Waals surface area contributed by atoms with E-state index in [1.165, 1.54) is 10.7 Å². The van der Waals surface area contributed by atoms with Crippen molar-refractivity contribution >= 4 is 35.0 Å². The first-order valence-corrected chi connectivity index (χ1v) is 11.9. The number of methoxy groups -OCH3 is 1. The number of fused-ring (bicyclic) bond motifs is 6. The monoisotopic (exact) mass is 494 g/mol. The van der Waals surface area contributed by atoms with Crippen molar-refractivity contribution in [3.8, 4) is 5.75 Å². The maximum absolute atomic E-state index is 13.1. The summed E-state index contributed by atoms with van der Waals surface area (Å²) >= 11 is 0. The molecule has 2 N–H and O–H groups in total. The lowest BCUT2D eigenvalue weighted by Gasteiger charge is -2.25. The standard InChI is InChI=1S/C25H30N6O5/c1-14-12-35-13-15-6-7-19(34-5)18(10-15)28-20-16-8-9-30(24(33)36-25(2,3)4)23(16)31-21(29-20)17(11-26-31)22(32)27-14/h6-7,10-11,14H,8-9,12-13H2,1-5H3,(H,27,32)(H,28,29)/t14-/m1/s1. The molecule has 1 atom stereocenters. The van der Waals surface area contributed by atoms with E-state index in [4.69, 9.17) is 19.2 Å². The molecule has 190 valence electrons. The Labute approximate surface area is 208 Å². The van der Waals surface area contributed by atoms with Crippen LogP contribution in [-0.4, -0.2) is 58.5 Å². The minimum atomic E-state index is -0.665. The molecule has 4 heterocycles. The lowest BCUT2D eigenvalue weighted by molar-refractivity contribution is 0.0582. The first-order valence-electron chi connectivity index (χ1n) is 11.9. The van der Waals surface area contributed by atoms with E-state index in [1.807, 2.05) is 45.9 Å². The highest BCUT2D eigenvalue weighted by Gasteiger charge is 2.35. The van der Waals surface area contributed by atoms with Crippen LogP contribution in [0.2, 0.25) is 0 Å². The van der Waals surface area contributed by atoms with Crippen molar-refractivity contribution < 1.29 is 23.8 Å². The fourth-order valence-electron chi connectivity index (χ4n) is 4.37. The highest BCUT2D eigenvalue weighted by Crippen LogP contribution is 2.38. The molecule has 2 amide bonds. The number of carbonyl (C=O) groups excluding carboxylic acids is 2. The number of nitrogens with one attached hydrogen (secondary N) is 2. The van der Waals surface area contributed by atoms with Crippen LogP contribution in [0.4, 0.5) is 22.1 Å². The first-order chi connectivity index (χ1) is 17.1. The van der Waals surface area contributed by atoms with Crippen LogP contribution in [0.25, 0.3) is 5.65 Å². The Balaban J connectivity index is 1.70. The average molecular weight is 495 g/mol. The van der Waals surface area contributed by atoms with Gasteiger partial charge in [-0.2, -0.15) is 9.61 Å². The molecule has 0 unspecified atom stereocenters. The Morgan fingerprint density at radius 1 is 1.28 bits per heavy atom. The van der Waals surface area contributed by atoms with Crippen molar-refractivity contribution in [2.24, 2.45) is 0 Å². The van der Waals surface area contributed by atoms with Gasteiger partial charge in [-0.15, -0.1) is 0 Å². The van der Waals surface area contributed by atoms with E-state index in [9.17, 15) is 9.59 Å². The maximum Gasteiger partial charge on any atom is 0.416 e. The molecule has 2 aliphatic heterocycles. The largest absolute Gasteiger partial charge is 0.495 e. The van der Waals surface area contributed by atoms with Gasteiger partial charge in [0.05, 0.1) is 32.2 Å². The molecule has 0 saturated carbocycles. The molecule has 1 aromatic carbocycles. The number of carbonyl (C=O) groups is 2. The van der Waals surface area contributed by atoms with Gasteiger partial charge in [-0.05, 0) is 51.8 Å². The van der Waals surface area contributed by atoms with Crippen molar-refractivity contribution in [1.82, 2.24) is 19.9 Å². The van der Waals surface area contributed by atoms with Crippen molar-refractivity contribution in [2.75, 3.05) is 30.5 Å². The third-order valence-corrected chi connectivity index (χ3v) is 5.95. The molecule has 0 fully saturated rings. The summed E-state index contributed by atoms with van der Waals surface area (Å²) in [6, 6.07) is 5.51. The zero-order valence-corrected chi connectivity index (χ0v) is 21.0. The maximum atomic E-state index is 13.1. The molecule has 4 bridgehead atoms. The molecule has 5 rings (SSSR count). The smallest absolute Gasteiger partial charge is 0.416 e. The van der Waals surface area contributed by atoms with Crippen LogP contribution in [0.15, 0.2) is 24.4 Å². The summed E-state index contributed by atoms with van der Waals surface area (Å²) in [4.78, 5) is 32.6. The second kappa shape index (κ2) is 8.98. The molecule has 0 radical (unpaired) electrons. The van der Waals surface area contributed by atoms with Gasteiger partial charge < -0.3 is 24.8 Å². The van der Waals surface area contributed by atoms with Gasteiger partial charge in [-0.25, -0.2) is 9.78 Å². The zero-order valence-electron chi connectivity index (χ0n) is 21.0. The second-order valence-electron chi connectivity index (χ2n) is 9.99. The number of benzene rings is 1. The highest BCUT2D eigenvalue weighted by molar-refractivity contribution is 6.01. The van der Waals surface area contributed by atoms with E-state index >= 15 is 0 Å². The van der Waals surface area contributed by atoms with Crippen molar-refractivity contribution in [3.05, 3.63) is 41.1 Å². The molecule has 2 aliphatic rings. The fourth-order valence-corrected chi connectivity index (χ4v) is 4.37. The summed E-state index contributed by atoms with van der Waals surface area (Å²) in [5.41, 5.74) is 2.37. The van der Waals surface area contributed by atoms with E-state index in [0.29, 0.717) is 60.5 Å². The topological polar surface area (TPSA) is 119 Å². The Kier molecular flexibility index (Phi) is 5.95. The number of rotatable bonds is 1. The van der Waals surface area contributed by atoms with E-state index in [-0.39, 0.29) is 11.9 Å². The normalized spacial score (nSPS) is 17.9. The summed E-state index contributed by atoms with van der Waals surface area (Å²) < 4.78 is 18.6. The molecule has 0 saturated heterocycles. The zero-order chi connectivity index (χ0) is 25.6. The molecular formula is C25H30N6O5. The summed E-state index contributed by atoms with van der Waals surface area (Å²) in [5, 5.41) is 10.8. The lowest BCUT2D eigenvalue weighted by atomic mass is 10.1. The number of ether oxygens (including phenoxy) is 3. The number of aromatic nitrogens is 3. The summed E-state index contributed by atoms with van der Waals surface area (Å²) in [6.45, 7) is 8.43. The van der Waals surface area contributed by atoms with Crippen LogP contribution in [0, 0.1) is 0 Å². The van der Waals surface area contributed by atoms with Gasteiger partial charge in [0, 0.05) is 18.2 Å². The van der Waals surface area contributed by atoms with Gasteiger partial charge in [-0.1, -0.05) is 6.07 Å². The first kappa shape index (κ1) is 23.9. The minimum Gasteiger partial charge on any atom is -0.495 e. The van der Waals surface area contributed by atoms with E-state index in [2.05, 4.69) is 15.7 Å². The van der Waals surface area contributed by atoms with Crippen LogP contribution in [0.5, 0.6) is 5.75 Å². The highest BCUT2D eigenvalue weighted by atomic mass is 16.6. The molecule has 3 aromatic rings. The molecule has 11 heteroatoms. The molecule has 11 nitrogen and oxygen atoms in total. The van der Waals surface area contributed by atoms with Gasteiger partial charge in [0.25, 0.3) is 5.91 Å². The van der Waals surface area contributed by atoms with E-state index in [0.717, 1.165) is 11.1 Å². The van der Waals surface area contributed by atoms with Crippen LogP contribution < -0.4 is 20.3 Å². The van der Waals surface area contributed by atoms with Gasteiger partial charge >= 0.3 is 6.09 Å². The van der Waals surface area contributed by atoms with E-state index < -0.39 is 11.7 Å². The second-order valence-corrected chi connectivity index (χ2v) is 9.99. The third kappa shape index (κ3) is 4.41. The Morgan fingerprint density at radius 2 is 2.08 bits per heavy atom. The molecule has 0 spiro atoms. The van der Waals surface area contributed by atoms with Crippen molar-refractivity contribution in [3.63, 3.8) is 0 Å². The Hall–Kier alpha value is -3.86. The van der Waals surface area contributed by atoms with Crippen LogP contribution in [0.1, 0.15) is 49.2 Å². The van der Waals surface area contributed by atoms with Crippen molar-refractivity contribution in [1.29, 1.82) is 0 Å². The average Bonchev–Trinajstić information content (AvgIpc) is 3.42. The number of hydrogen-bond acceptors (Lipinski definition) is 8. The van der Waals surface area contributed by atoms with Crippen LogP contribution in [-0.2, 0) is 22.5 Å². The predicted octanol–water partition coefficient (Wildman–Crippen LogP) is 3.43. The Morgan fingerprint density at radius 3 is 2.83 bits per heavy atom. The van der Waals surface area contributed by atoms with Crippen LogP contribution >= 0.6 is 0 Å². The number of anilines is 3. The number of hydrogen-bond donors (Lipinski definition) is 2. The number of nitrogens with zero attached hydrogens (tertiary/aromatic N) is 4. The van der Waals surface area contributed by atoms with Gasteiger partial charge in [0.1, 0.15) is 28.5 Å². The van der Waals surface area contributed by atoms with Gasteiger partial charge in [-0.3, -0.25) is 9.69 Å².